The van der Waals surface area contributed by atoms with E-state index in [2.05, 4.69) is 14.9 Å². The van der Waals surface area contributed by atoms with Crippen molar-refractivity contribution in [3.63, 3.8) is 0 Å². The first-order chi connectivity index (χ1) is 15.0. The van der Waals surface area contributed by atoms with Gasteiger partial charge in [0.25, 0.3) is 15.6 Å². The minimum atomic E-state index is -3.68. The molecular formula is C22H20N4O4S. The fraction of sp³-hybridized carbons (Fsp3) is 0.182. The van der Waals surface area contributed by atoms with E-state index in [1.807, 2.05) is 0 Å². The molecule has 1 aliphatic heterocycles. The van der Waals surface area contributed by atoms with Crippen molar-refractivity contribution < 1.29 is 12.8 Å². The molecule has 0 radical (unpaired) electrons. The lowest BCUT2D eigenvalue weighted by Crippen LogP contribution is -2.36. The van der Waals surface area contributed by atoms with Crippen molar-refractivity contribution in [1.29, 1.82) is 0 Å². The highest BCUT2D eigenvalue weighted by Crippen LogP contribution is 2.22. The first-order valence-electron chi connectivity index (χ1n) is 9.87. The molecule has 0 amide bonds. The first-order valence-corrected chi connectivity index (χ1v) is 11.3. The summed E-state index contributed by atoms with van der Waals surface area (Å²) in [4.78, 5) is 22.3. The standard InChI is InChI=1S/C22H20N4O4S/c27-22-18-15-25(12-10-19(18)23-21(24-22)20-9-5-13-30-20)14-16-6-4-11-26(16)31(28,29)17-7-2-1-3-8-17/h1-9,11,13H,10,12,14-15H2,(H,23,24,27). The number of nitrogens with zero attached hydrogens (tertiary/aromatic N) is 3. The third-order valence-electron chi connectivity index (χ3n) is 5.38. The molecule has 3 aromatic heterocycles. The van der Waals surface area contributed by atoms with E-state index in [0.29, 0.717) is 48.9 Å². The second-order valence-electron chi connectivity index (χ2n) is 7.39. The zero-order valence-electron chi connectivity index (χ0n) is 16.6. The average Bonchev–Trinajstić information content (AvgIpc) is 3.47. The van der Waals surface area contributed by atoms with Gasteiger partial charge >= 0.3 is 0 Å². The van der Waals surface area contributed by atoms with Crippen LogP contribution in [-0.4, -0.2) is 33.8 Å². The predicted molar refractivity (Wildman–Crippen MR) is 114 cm³/mol. The molecule has 0 saturated carbocycles. The molecule has 1 N–H and O–H groups in total. The van der Waals surface area contributed by atoms with E-state index in [4.69, 9.17) is 4.42 Å². The summed E-state index contributed by atoms with van der Waals surface area (Å²) in [5.41, 5.74) is 1.79. The zero-order chi connectivity index (χ0) is 21.4. The summed E-state index contributed by atoms with van der Waals surface area (Å²) in [6.07, 6.45) is 3.69. The molecule has 1 aliphatic rings. The third kappa shape index (κ3) is 3.62. The molecule has 158 valence electrons. The number of hydrogen-bond donors (Lipinski definition) is 1. The van der Waals surface area contributed by atoms with Gasteiger partial charge in [-0.05, 0) is 36.4 Å². The molecule has 9 heteroatoms. The highest BCUT2D eigenvalue weighted by molar-refractivity contribution is 7.90. The number of H-pyrrole nitrogens is 1. The molecule has 5 rings (SSSR count). The van der Waals surface area contributed by atoms with Gasteiger partial charge in [0.05, 0.1) is 22.4 Å². The lowest BCUT2D eigenvalue weighted by Gasteiger charge is -2.28. The zero-order valence-corrected chi connectivity index (χ0v) is 17.4. The van der Waals surface area contributed by atoms with E-state index < -0.39 is 10.0 Å². The van der Waals surface area contributed by atoms with Crippen molar-refractivity contribution in [3.05, 3.63) is 94.4 Å². The van der Waals surface area contributed by atoms with E-state index in [9.17, 15) is 13.2 Å². The van der Waals surface area contributed by atoms with Crippen molar-refractivity contribution in [2.24, 2.45) is 0 Å². The molecule has 4 heterocycles. The Labute approximate surface area is 178 Å². The maximum absolute atomic E-state index is 13.0. The minimum absolute atomic E-state index is 0.201. The van der Waals surface area contributed by atoms with Gasteiger partial charge in [0.1, 0.15) is 0 Å². The van der Waals surface area contributed by atoms with Crippen LogP contribution in [0.25, 0.3) is 11.6 Å². The van der Waals surface area contributed by atoms with Crippen molar-refractivity contribution >= 4 is 10.0 Å². The van der Waals surface area contributed by atoms with Crippen LogP contribution in [0.3, 0.4) is 0 Å². The fourth-order valence-corrected chi connectivity index (χ4v) is 5.23. The Hall–Kier alpha value is -3.43. The molecule has 1 aromatic carbocycles. The van der Waals surface area contributed by atoms with Gasteiger partial charge in [-0.1, -0.05) is 18.2 Å². The van der Waals surface area contributed by atoms with Crippen LogP contribution < -0.4 is 5.56 Å². The van der Waals surface area contributed by atoms with Gasteiger partial charge < -0.3 is 9.40 Å². The monoisotopic (exact) mass is 436 g/mol. The van der Waals surface area contributed by atoms with Crippen LogP contribution in [0.2, 0.25) is 0 Å². The lowest BCUT2D eigenvalue weighted by molar-refractivity contribution is 0.238. The Morgan fingerprint density at radius 1 is 1.06 bits per heavy atom. The molecule has 4 aromatic rings. The van der Waals surface area contributed by atoms with Gasteiger partial charge in [-0.25, -0.2) is 17.4 Å². The Kier molecular flexibility index (Phi) is 4.84. The highest BCUT2D eigenvalue weighted by Gasteiger charge is 2.25. The van der Waals surface area contributed by atoms with Crippen molar-refractivity contribution in [2.75, 3.05) is 6.54 Å². The van der Waals surface area contributed by atoms with Crippen LogP contribution >= 0.6 is 0 Å². The third-order valence-corrected chi connectivity index (χ3v) is 7.12. The average molecular weight is 436 g/mol. The van der Waals surface area contributed by atoms with Gasteiger partial charge in [0.15, 0.2) is 11.6 Å². The quantitative estimate of drug-likeness (QED) is 0.516. The van der Waals surface area contributed by atoms with Crippen LogP contribution in [-0.2, 0) is 29.5 Å². The second kappa shape index (κ2) is 7.68. The predicted octanol–water partition coefficient (Wildman–Crippen LogP) is 2.63. The van der Waals surface area contributed by atoms with Crippen LogP contribution in [0.5, 0.6) is 0 Å². The molecule has 0 saturated heterocycles. The van der Waals surface area contributed by atoms with E-state index in [0.717, 1.165) is 5.69 Å². The molecule has 0 fully saturated rings. The molecule has 8 nitrogen and oxygen atoms in total. The highest BCUT2D eigenvalue weighted by atomic mass is 32.2. The number of benzene rings is 1. The molecule has 0 atom stereocenters. The van der Waals surface area contributed by atoms with Crippen LogP contribution in [0, 0.1) is 0 Å². The van der Waals surface area contributed by atoms with Gasteiger partial charge in [0, 0.05) is 37.9 Å². The number of nitrogens with one attached hydrogen (secondary N) is 1. The molecular weight excluding hydrogens is 416 g/mol. The summed E-state index contributed by atoms with van der Waals surface area (Å²) < 4.78 is 32.7. The van der Waals surface area contributed by atoms with E-state index in [1.54, 1.807) is 60.8 Å². The summed E-state index contributed by atoms with van der Waals surface area (Å²) >= 11 is 0. The summed E-state index contributed by atoms with van der Waals surface area (Å²) in [7, 11) is -3.68. The number of hydrogen-bond acceptors (Lipinski definition) is 6. The maximum atomic E-state index is 13.0. The van der Waals surface area contributed by atoms with Crippen molar-refractivity contribution in [2.45, 2.75) is 24.4 Å². The number of aromatic amines is 1. The number of rotatable bonds is 5. The van der Waals surface area contributed by atoms with Crippen molar-refractivity contribution in [1.82, 2.24) is 18.8 Å². The Morgan fingerprint density at radius 2 is 1.90 bits per heavy atom. The summed E-state index contributed by atoms with van der Waals surface area (Å²) in [5, 5.41) is 0. The van der Waals surface area contributed by atoms with Gasteiger partial charge in [-0.3, -0.25) is 9.69 Å². The topological polar surface area (TPSA) is 101 Å². The van der Waals surface area contributed by atoms with Crippen LogP contribution in [0.4, 0.5) is 0 Å². The molecule has 0 spiro atoms. The summed E-state index contributed by atoms with van der Waals surface area (Å²) in [6.45, 7) is 1.46. The first kappa shape index (κ1) is 19.5. The largest absolute Gasteiger partial charge is 0.461 e. The van der Waals surface area contributed by atoms with E-state index in [1.165, 1.54) is 10.2 Å². The van der Waals surface area contributed by atoms with Crippen molar-refractivity contribution in [3.8, 4) is 11.6 Å². The SMILES string of the molecule is O=c1[nH]c(-c2ccco2)nc2c1CN(Cc1cccn1S(=O)(=O)c1ccccc1)CC2. The molecule has 0 bridgehead atoms. The Morgan fingerprint density at radius 3 is 2.68 bits per heavy atom. The smallest absolute Gasteiger partial charge is 0.267 e. The Balaban J connectivity index is 1.40. The maximum Gasteiger partial charge on any atom is 0.267 e. The van der Waals surface area contributed by atoms with Gasteiger partial charge in [-0.15, -0.1) is 0 Å². The summed E-state index contributed by atoms with van der Waals surface area (Å²) in [6, 6.07) is 15.4. The molecule has 0 aliphatic carbocycles. The molecule has 31 heavy (non-hydrogen) atoms. The van der Waals surface area contributed by atoms with Crippen LogP contribution in [0.15, 0.2) is 81.2 Å². The Bertz CT molecular complexity index is 1370. The minimum Gasteiger partial charge on any atom is -0.461 e. The molecule has 0 unspecified atom stereocenters. The van der Waals surface area contributed by atoms with E-state index in [-0.39, 0.29) is 10.5 Å². The van der Waals surface area contributed by atoms with Crippen LogP contribution in [0.1, 0.15) is 17.0 Å². The van der Waals surface area contributed by atoms with Gasteiger partial charge in [-0.2, -0.15) is 0 Å². The second-order valence-corrected chi connectivity index (χ2v) is 9.21. The number of aromatic nitrogens is 3. The number of furan rings is 1. The number of fused-ring (bicyclic) bond motifs is 1. The normalized spacial score (nSPS) is 14.5. The lowest BCUT2D eigenvalue weighted by atomic mass is 10.1. The van der Waals surface area contributed by atoms with E-state index >= 15 is 0 Å². The fourth-order valence-electron chi connectivity index (χ4n) is 3.84. The van der Waals surface area contributed by atoms with Gasteiger partial charge in [0.2, 0.25) is 0 Å². The summed E-state index contributed by atoms with van der Waals surface area (Å²) in [5.74, 6) is 0.941.